The van der Waals surface area contributed by atoms with Gasteiger partial charge in [0.1, 0.15) is 5.84 Å². The molecule has 0 aromatic heterocycles. The molecule has 1 aliphatic rings. The van der Waals surface area contributed by atoms with E-state index in [0.29, 0.717) is 18.1 Å². The standard InChI is InChI=1S/C12H15FO2.C5H11N3S/c1-8(14)10-4-5-11(13)12(6-10)15-7-9-2-3-9;6-5(7)1-2-8-3-4-9/h4-6,8-9,14H,2-3,7H2,1H3;1-2,8-9H,3-4H2,(H3,6,7)/b;2-1-. The van der Waals surface area contributed by atoms with Gasteiger partial charge in [-0.25, -0.2) is 4.39 Å². The monoisotopic (exact) mass is 355 g/mol. The van der Waals surface area contributed by atoms with Gasteiger partial charge in [0.05, 0.1) is 12.7 Å². The van der Waals surface area contributed by atoms with Crippen molar-refractivity contribution in [3.05, 3.63) is 41.9 Å². The molecule has 0 amide bonds. The van der Waals surface area contributed by atoms with Gasteiger partial charge in [-0.05, 0) is 49.5 Å². The van der Waals surface area contributed by atoms with Crippen LogP contribution in [0, 0.1) is 17.1 Å². The number of amidine groups is 1. The van der Waals surface area contributed by atoms with E-state index in [1.54, 1.807) is 25.3 Å². The van der Waals surface area contributed by atoms with Crippen molar-refractivity contribution >= 4 is 18.5 Å². The third kappa shape index (κ3) is 8.79. The summed E-state index contributed by atoms with van der Waals surface area (Å²) in [5.74, 6) is 1.32. The first-order valence-electron chi connectivity index (χ1n) is 7.89. The van der Waals surface area contributed by atoms with Crippen molar-refractivity contribution in [1.29, 1.82) is 5.41 Å². The summed E-state index contributed by atoms with van der Waals surface area (Å²) >= 11 is 3.96. The van der Waals surface area contributed by atoms with Gasteiger partial charge in [-0.15, -0.1) is 0 Å². The number of nitrogens with two attached hydrogens (primary N) is 1. The number of hydrogen-bond acceptors (Lipinski definition) is 5. The van der Waals surface area contributed by atoms with Crippen molar-refractivity contribution in [2.75, 3.05) is 18.9 Å². The zero-order valence-electron chi connectivity index (χ0n) is 13.8. The second-order valence-electron chi connectivity index (χ2n) is 5.59. The van der Waals surface area contributed by atoms with Gasteiger partial charge in [-0.2, -0.15) is 12.6 Å². The molecule has 0 aliphatic heterocycles. The Labute approximate surface area is 148 Å². The lowest BCUT2D eigenvalue weighted by Gasteiger charge is -2.10. The van der Waals surface area contributed by atoms with Gasteiger partial charge < -0.3 is 20.9 Å². The van der Waals surface area contributed by atoms with Crippen LogP contribution in [0.25, 0.3) is 0 Å². The fraction of sp³-hybridized carbons (Fsp3) is 0.471. The Balaban J connectivity index is 0.000000277. The Bertz CT molecular complexity index is 549. The molecular weight excluding hydrogens is 329 g/mol. The van der Waals surface area contributed by atoms with E-state index in [-0.39, 0.29) is 17.4 Å². The molecule has 5 nitrogen and oxygen atoms in total. The van der Waals surface area contributed by atoms with Crippen molar-refractivity contribution in [2.45, 2.75) is 25.9 Å². The summed E-state index contributed by atoms with van der Waals surface area (Å²) < 4.78 is 18.7. The van der Waals surface area contributed by atoms with Crippen LogP contribution in [0.2, 0.25) is 0 Å². The lowest BCUT2D eigenvalue weighted by Crippen LogP contribution is -2.11. The first-order valence-corrected chi connectivity index (χ1v) is 8.52. The molecular formula is C17H26FN3O2S. The number of thiol groups is 1. The van der Waals surface area contributed by atoms with E-state index in [2.05, 4.69) is 17.9 Å². The number of aliphatic hydroxyl groups is 1. The molecule has 1 unspecified atom stereocenters. The van der Waals surface area contributed by atoms with Gasteiger partial charge in [-0.1, -0.05) is 6.07 Å². The number of hydrogen-bond donors (Lipinski definition) is 5. The number of aliphatic hydroxyl groups excluding tert-OH is 1. The van der Waals surface area contributed by atoms with Crippen LogP contribution < -0.4 is 15.8 Å². The zero-order valence-corrected chi connectivity index (χ0v) is 14.7. The third-order valence-corrected chi connectivity index (χ3v) is 3.47. The normalized spacial score (nSPS) is 14.7. The molecule has 0 spiro atoms. The summed E-state index contributed by atoms with van der Waals surface area (Å²) in [7, 11) is 0. The molecule has 0 heterocycles. The smallest absolute Gasteiger partial charge is 0.165 e. The Morgan fingerprint density at radius 2 is 2.29 bits per heavy atom. The van der Waals surface area contributed by atoms with Crippen LogP contribution in [0.3, 0.4) is 0 Å². The lowest BCUT2D eigenvalue weighted by atomic mass is 10.1. The number of nitrogens with one attached hydrogen (secondary N) is 2. The summed E-state index contributed by atoms with van der Waals surface area (Å²) in [5, 5.41) is 19.0. The molecule has 1 aromatic rings. The molecule has 1 aliphatic carbocycles. The number of benzene rings is 1. The van der Waals surface area contributed by atoms with E-state index in [9.17, 15) is 9.50 Å². The molecule has 1 fully saturated rings. The Hall–Kier alpha value is -1.73. The Morgan fingerprint density at radius 3 is 2.83 bits per heavy atom. The maximum atomic E-state index is 13.3. The van der Waals surface area contributed by atoms with Crippen molar-refractivity contribution in [2.24, 2.45) is 11.7 Å². The highest BCUT2D eigenvalue weighted by Crippen LogP contribution is 2.30. The van der Waals surface area contributed by atoms with Crippen molar-refractivity contribution in [3.8, 4) is 5.75 Å². The second kappa shape index (κ2) is 10.9. The van der Waals surface area contributed by atoms with E-state index in [4.69, 9.17) is 15.9 Å². The Kier molecular flexibility index (Phi) is 9.26. The van der Waals surface area contributed by atoms with E-state index in [1.807, 2.05) is 0 Å². The number of rotatable bonds is 8. The molecule has 1 aromatic carbocycles. The van der Waals surface area contributed by atoms with Crippen LogP contribution in [0.15, 0.2) is 30.5 Å². The highest BCUT2D eigenvalue weighted by molar-refractivity contribution is 7.80. The highest BCUT2D eigenvalue weighted by Gasteiger charge is 2.22. The average molecular weight is 355 g/mol. The minimum atomic E-state index is -0.589. The summed E-state index contributed by atoms with van der Waals surface area (Å²) in [5.41, 5.74) is 5.69. The molecule has 2 rings (SSSR count). The van der Waals surface area contributed by atoms with Gasteiger partial charge in [0.25, 0.3) is 0 Å². The van der Waals surface area contributed by atoms with Gasteiger partial charge in [0.2, 0.25) is 0 Å². The first kappa shape index (κ1) is 20.3. The van der Waals surface area contributed by atoms with Crippen molar-refractivity contribution in [3.63, 3.8) is 0 Å². The zero-order chi connectivity index (χ0) is 17.9. The van der Waals surface area contributed by atoms with Gasteiger partial charge in [0, 0.05) is 18.5 Å². The summed E-state index contributed by atoms with van der Waals surface area (Å²) in [4.78, 5) is 0. The fourth-order valence-electron chi connectivity index (χ4n) is 1.68. The van der Waals surface area contributed by atoms with Gasteiger partial charge in [0.15, 0.2) is 11.6 Å². The van der Waals surface area contributed by atoms with E-state index in [1.165, 1.54) is 25.0 Å². The maximum Gasteiger partial charge on any atom is 0.165 e. The summed E-state index contributed by atoms with van der Waals surface area (Å²) in [6.45, 7) is 3.03. The minimum Gasteiger partial charge on any atom is -0.490 e. The topological polar surface area (TPSA) is 91.4 Å². The van der Waals surface area contributed by atoms with E-state index < -0.39 is 6.10 Å². The summed E-state index contributed by atoms with van der Waals surface area (Å²) in [6, 6.07) is 4.48. The van der Waals surface area contributed by atoms with Crippen LogP contribution in [0.4, 0.5) is 4.39 Å². The van der Waals surface area contributed by atoms with Crippen LogP contribution in [-0.2, 0) is 0 Å². The van der Waals surface area contributed by atoms with Crippen molar-refractivity contribution < 1.29 is 14.2 Å². The minimum absolute atomic E-state index is 0.0571. The molecule has 0 radical (unpaired) electrons. The Morgan fingerprint density at radius 1 is 1.58 bits per heavy atom. The quantitative estimate of drug-likeness (QED) is 0.215. The van der Waals surface area contributed by atoms with Crippen LogP contribution in [-0.4, -0.2) is 29.8 Å². The predicted molar refractivity (Wildman–Crippen MR) is 98.2 cm³/mol. The average Bonchev–Trinajstić information content (AvgIpc) is 3.35. The molecule has 7 heteroatoms. The number of ether oxygens (including phenoxy) is 1. The molecule has 0 bridgehead atoms. The molecule has 0 saturated heterocycles. The van der Waals surface area contributed by atoms with Crippen LogP contribution in [0.1, 0.15) is 31.4 Å². The molecule has 134 valence electrons. The number of halogens is 1. The summed E-state index contributed by atoms with van der Waals surface area (Å²) in [6.07, 6.45) is 4.89. The first-order chi connectivity index (χ1) is 11.4. The largest absolute Gasteiger partial charge is 0.490 e. The maximum absolute atomic E-state index is 13.3. The van der Waals surface area contributed by atoms with Crippen LogP contribution >= 0.6 is 12.6 Å². The van der Waals surface area contributed by atoms with Crippen LogP contribution in [0.5, 0.6) is 5.75 Å². The predicted octanol–water partition coefficient (Wildman–Crippen LogP) is 2.62. The van der Waals surface area contributed by atoms with E-state index >= 15 is 0 Å². The molecule has 1 atom stereocenters. The fourth-order valence-corrected chi connectivity index (χ4v) is 1.81. The van der Waals surface area contributed by atoms with E-state index in [0.717, 1.165) is 12.3 Å². The van der Waals surface area contributed by atoms with Gasteiger partial charge in [-0.3, -0.25) is 5.41 Å². The second-order valence-corrected chi connectivity index (χ2v) is 6.03. The van der Waals surface area contributed by atoms with Gasteiger partial charge >= 0.3 is 0 Å². The SMILES string of the molecule is CC(O)c1ccc(F)c(OCC2CC2)c1.N=C(N)/C=C\NCCS. The molecule has 1 saturated carbocycles. The lowest BCUT2D eigenvalue weighted by molar-refractivity contribution is 0.198. The third-order valence-electron chi connectivity index (χ3n) is 3.25. The highest BCUT2D eigenvalue weighted by atomic mass is 32.1. The molecule has 5 N–H and O–H groups in total. The van der Waals surface area contributed by atoms with Crippen molar-refractivity contribution in [1.82, 2.24) is 5.32 Å². The molecule has 24 heavy (non-hydrogen) atoms.